The van der Waals surface area contributed by atoms with Crippen LogP contribution in [0, 0.1) is 11.3 Å². The van der Waals surface area contributed by atoms with Gasteiger partial charge in [-0.15, -0.1) is 11.8 Å². The molecule has 0 amide bonds. The Morgan fingerprint density at radius 1 is 1.17 bits per heavy atom. The molecule has 0 saturated carbocycles. The largest absolute Gasteiger partial charge is 0.497 e. The zero-order valence-corrected chi connectivity index (χ0v) is 13.9. The van der Waals surface area contributed by atoms with Gasteiger partial charge in [0.2, 0.25) is 0 Å². The third-order valence-corrected chi connectivity index (χ3v) is 4.27. The second-order valence-corrected chi connectivity index (χ2v) is 5.78. The van der Waals surface area contributed by atoms with E-state index in [1.165, 1.54) is 18.9 Å². The van der Waals surface area contributed by atoms with Crippen molar-refractivity contribution in [3.05, 3.63) is 59.2 Å². The van der Waals surface area contributed by atoms with E-state index in [0.717, 1.165) is 5.56 Å². The van der Waals surface area contributed by atoms with Gasteiger partial charge in [-0.1, -0.05) is 12.1 Å². The molecule has 0 fully saturated rings. The zero-order valence-electron chi connectivity index (χ0n) is 13.0. The van der Waals surface area contributed by atoms with Crippen molar-refractivity contribution in [1.82, 2.24) is 0 Å². The van der Waals surface area contributed by atoms with Crippen LogP contribution in [0.15, 0.2) is 42.5 Å². The molecule has 0 radical (unpaired) electrons. The summed E-state index contributed by atoms with van der Waals surface area (Å²) in [5.74, 6) is 2.20. The molecule has 0 spiro atoms. The average Bonchev–Trinajstić information content (AvgIpc) is 2.61. The Morgan fingerprint density at radius 3 is 2.70 bits per heavy atom. The molecule has 0 aliphatic carbocycles. The molecule has 0 saturated heterocycles. The number of hydrogen-bond donors (Lipinski definition) is 0. The number of carbonyl (C=O) groups is 1. The maximum atomic E-state index is 12.3. The summed E-state index contributed by atoms with van der Waals surface area (Å²) in [7, 11) is 3.10. The minimum Gasteiger partial charge on any atom is -0.497 e. The summed E-state index contributed by atoms with van der Waals surface area (Å²) in [6.45, 7) is 0. The predicted molar refractivity (Wildman–Crippen MR) is 91.2 cm³/mol. The SMILES string of the molecule is COc1ccc(C(=O)CSCc2cccc(C#N)c2)c(OC)c1. The lowest BCUT2D eigenvalue weighted by Gasteiger charge is -2.09. The Morgan fingerprint density at radius 2 is 2.00 bits per heavy atom. The van der Waals surface area contributed by atoms with Crippen LogP contribution >= 0.6 is 11.8 Å². The summed E-state index contributed by atoms with van der Waals surface area (Å²) < 4.78 is 10.4. The van der Waals surface area contributed by atoms with E-state index in [-0.39, 0.29) is 5.78 Å². The molecule has 2 rings (SSSR count). The molecule has 0 heterocycles. The molecule has 0 bridgehead atoms. The lowest BCUT2D eigenvalue weighted by atomic mass is 10.1. The smallest absolute Gasteiger partial charge is 0.176 e. The van der Waals surface area contributed by atoms with Crippen molar-refractivity contribution in [3.8, 4) is 17.6 Å². The first-order chi connectivity index (χ1) is 11.2. The number of thioether (sulfide) groups is 1. The van der Waals surface area contributed by atoms with E-state index in [4.69, 9.17) is 14.7 Å². The first kappa shape index (κ1) is 16.9. The molecule has 0 N–H and O–H groups in total. The topological polar surface area (TPSA) is 59.3 Å². The van der Waals surface area contributed by atoms with Gasteiger partial charge >= 0.3 is 0 Å². The molecular weight excluding hydrogens is 310 g/mol. The second kappa shape index (κ2) is 8.25. The highest BCUT2D eigenvalue weighted by atomic mass is 32.2. The first-order valence-corrected chi connectivity index (χ1v) is 8.15. The molecule has 118 valence electrons. The minimum absolute atomic E-state index is 0.00550. The van der Waals surface area contributed by atoms with E-state index < -0.39 is 0 Å². The maximum Gasteiger partial charge on any atom is 0.176 e. The van der Waals surface area contributed by atoms with Gasteiger partial charge in [-0.3, -0.25) is 4.79 Å². The molecule has 0 atom stereocenters. The molecule has 5 heteroatoms. The monoisotopic (exact) mass is 327 g/mol. The van der Waals surface area contributed by atoms with Gasteiger partial charge in [0.15, 0.2) is 5.78 Å². The number of hydrogen-bond acceptors (Lipinski definition) is 5. The van der Waals surface area contributed by atoms with E-state index in [1.807, 2.05) is 18.2 Å². The average molecular weight is 327 g/mol. The van der Waals surface area contributed by atoms with Crippen LogP contribution in [-0.4, -0.2) is 25.8 Å². The number of nitriles is 1. The van der Waals surface area contributed by atoms with Gasteiger partial charge in [-0.25, -0.2) is 0 Å². The normalized spacial score (nSPS) is 9.96. The second-order valence-electron chi connectivity index (χ2n) is 4.79. The van der Waals surface area contributed by atoms with Crippen molar-refractivity contribution in [3.63, 3.8) is 0 Å². The van der Waals surface area contributed by atoms with E-state index >= 15 is 0 Å². The fourth-order valence-corrected chi connectivity index (χ4v) is 2.96. The summed E-state index contributed by atoms with van der Waals surface area (Å²) in [6, 6.07) is 14.7. The van der Waals surface area contributed by atoms with Crippen molar-refractivity contribution in [1.29, 1.82) is 5.26 Å². The number of ether oxygens (including phenoxy) is 2. The summed E-state index contributed by atoms with van der Waals surface area (Å²) in [5.41, 5.74) is 2.21. The summed E-state index contributed by atoms with van der Waals surface area (Å²) in [6.07, 6.45) is 0. The standard InChI is InChI=1S/C18H17NO3S/c1-21-15-6-7-16(18(9-15)22-2)17(20)12-23-11-14-5-3-4-13(8-14)10-19/h3-9H,11-12H2,1-2H3. The molecule has 0 aliphatic rings. The number of methoxy groups -OCH3 is 2. The van der Waals surface area contributed by atoms with Crippen LogP contribution in [0.3, 0.4) is 0 Å². The quantitative estimate of drug-likeness (QED) is 0.726. The van der Waals surface area contributed by atoms with Gasteiger partial charge in [0.25, 0.3) is 0 Å². The van der Waals surface area contributed by atoms with Gasteiger partial charge in [-0.2, -0.15) is 5.26 Å². The maximum absolute atomic E-state index is 12.3. The van der Waals surface area contributed by atoms with Crippen LogP contribution < -0.4 is 9.47 Å². The Bertz CT molecular complexity index is 737. The Hall–Kier alpha value is -2.45. The Labute approximate surface area is 140 Å². The summed E-state index contributed by atoms with van der Waals surface area (Å²) in [4.78, 5) is 12.3. The molecule has 2 aromatic carbocycles. The van der Waals surface area contributed by atoms with Gasteiger partial charge < -0.3 is 9.47 Å². The third kappa shape index (κ3) is 4.51. The van der Waals surface area contributed by atoms with Crippen LogP contribution in [0.25, 0.3) is 0 Å². The highest BCUT2D eigenvalue weighted by Gasteiger charge is 2.13. The molecule has 0 aromatic heterocycles. The van der Waals surface area contributed by atoms with Gasteiger partial charge in [0.1, 0.15) is 11.5 Å². The van der Waals surface area contributed by atoms with Crippen molar-refractivity contribution < 1.29 is 14.3 Å². The van der Waals surface area contributed by atoms with Crippen molar-refractivity contribution in [2.75, 3.05) is 20.0 Å². The van der Waals surface area contributed by atoms with Crippen LogP contribution in [-0.2, 0) is 5.75 Å². The summed E-state index contributed by atoms with van der Waals surface area (Å²) in [5, 5.41) is 8.89. The van der Waals surface area contributed by atoms with Crippen molar-refractivity contribution in [2.24, 2.45) is 0 Å². The first-order valence-electron chi connectivity index (χ1n) is 7.00. The number of benzene rings is 2. The van der Waals surface area contributed by atoms with Crippen LogP contribution in [0.5, 0.6) is 11.5 Å². The number of ketones is 1. The molecular formula is C18H17NO3S. The lowest BCUT2D eigenvalue weighted by molar-refractivity contribution is 0.101. The Balaban J connectivity index is 1.98. The number of Topliss-reactive ketones (excluding diaryl/α,β-unsaturated/α-hetero) is 1. The minimum atomic E-state index is 0.00550. The number of carbonyl (C=O) groups excluding carboxylic acids is 1. The highest BCUT2D eigenvalue weighted by molar-refractivity contribution is 7.99. The molecule has 0 unspecified atom stereocenters. The number of nitrogens with zero attached hydrogens (tertiary/aromatic N) is 1. The number of rotatable bonds is 7. The van der Waals surface area contributed by atoms with Crippen LogP contribution in [0.4, 0.5) is 0 Å². The van der Waals surface area contributed by atoms with E-state index in [0.29, 0.717) is 34.1 Å². The summed E-state index contributed by atoms with van der Waals surface area (Å²) >= 11 is 1.51. The van der Waals surface area contributed by atoms with Crippen LogP contribution in [0.2, 0.25) is 0 Å². The molecule has 23 heavy (non-hydrogen) atoms. The zero-order chi connectivity index (χ0) is 16.7. The molecule has 0 aliphatic heterocycles. The van der Waals surface area contributed by atoms with E-state index in [1.54, 1.807) is 31.4 Å². The fourth-order valence-electron chi connectivity index (χ4n) is 2.10. The molecule has 4 nitrogen and oxygen atoms in total. The molecule has 2 aromatic rings. The van der Waals surface area contributed by atoms with E-state index in [9.17, 15) is 4.79 Å². The van der Waals surface area contributed by atoms with Crippen molar-refractivity contribution >= 4 is 17.5 Å². The Kier molecular flexibility index (Phi) is 6.07. The third-order valence-electron chi connectivity index (χ3n) is 3.27. The van der Waals surface area contributed by atoms with Gasteiger partial charge in [0.05, 0.1) is 37.2 Å². The van der Waals surface area contributed by atoms with Gasteiger partial charge in [-0.05, 0) is 29.8 Å². The van der Waals surface area contributed by atoms with Crippen molar-refractivity contribution in [2.45, 2.75) is 5.75 Å². The lowest BCUT2D eigenvalue weighted by Crippen LogP contribution is -2.05. The highest BCUT2D eigenvalue weighted by Crippen LogP contribution is 2.26. The van der Waals surface area contributed by atoms with Gasteiger partial charge in [0, 0.05) is 11.8 Å². The van der Waals surface area contributed by atoms with Crippen LogP contribution in [0.1, 0.15) is 21.5 Å². The van der Waals surface area contributed by atoms with E-state index in [2.05, 4.69) is 6.07 Å². The predicted octanol–water partition coefficient (Wildman–Crippen LogP) is 3.69. The fraction of sp³-hybridized carbons (Fsp3) is 0.222.